The number of halogens is 4. The molecule has 0 saturated carbocycles. The average molecular weight is 251 g/mol. The van der Waals surface area contributed by atoms with Gasteiger partial charge < -0.3 is 10.5 Å². The van der Waals surface area contributed by atoms with Gasteiger partial charge in [0, 0.05) is 6.54 Å². The van der Waals surface area contributed by atoms with Crippen LogP contribution in [0.3, 0.4) is 0 Å². The van der Waals surface area contributed by atoms with Gasteiger partial charge in [-0.2, -0.15) is 13.2 Å². The molecule has 0 saturated heterocycles. The number of hydrogen-bond donors (Lipinski definition) is 1. The predicted molar refractivity (Wildman–Crippen MR) is 54.8 cm³/mol. The van der Waals surface area contributed by atoms with Crippen LogP contribution in [-0.4, -0.2) is 18.8 Å². The molecule has 0 aromatic heterocycles. The Balaban J connectivity index is 2.79. The van der Waals surface area contributed by atoms with Crippen LogP contribution in [0.5, 0.6) is 0 Å². The van der Waals surface area contributed by atoms with E-state index in [1.807, 2.05) is 0 Å². The summed E-state index contributed by atoms with van der Waals surface area (Å²) in [6.45, 7) is 0.742. The molecule has 1 aromatic carbocycles. The van der Waals surface area contributed by atoms with Crippen LogP contribution in [0.25, 0.3) is 0 Å². The molecular weight excluding hydrogens is 238 g/mol. The van der Waals surface area contributed by atoms with Gasteiger partial charge in [0.15, 0.2) is 6.10 Å². The lowest BCUT2D eigenvalue weighted by atomic mass is 10.1. The molecule has 1 rings (SSSR count). The van der Waals surface area contributed by atoms with Crippen molar-refractivity contribution < 1.29 is 22.3 Å². The highest BCUT2D eigenvalue weighted by Crippen LogP contribution is 2.27. The van der Waals surface area contributed by atoms with Crippen molar-refractivity contribution in [3.63, 3.8) is 0 Å². The summed E-state index contributed by atoms with van der Waals surface area (Å²) in [5.41, 5.74) is 5.63. The molecule has 0 aliphatic heterocycles. The Morgan fingerprint density at radius 2 is 2.00 bits per heavy atom. The van der Waals surface area contributed by atoms with Crippen molar-refractivity contribution in [2.75, 3.05) is 6.54 Å². The van der Waals surface area contributed by atoms with Crippen molar-refractivity contribution >= 4 is 0 Å². The normalized spacial score (nSPS) is 15.6. The lowest BCUT2D eigenvalue weighted by Gasteiger charge is -2.23. The molecule has 0 fully saturated rings. The van der Waals surface area contributed by atoms with Crippen molar-refractivity contribution in [1.82, 2.24) is 0 Å². The minimum absolute atomic E-state index is 0.149. The SMILES string of the molecule is CC(OC(CN)c1cccc(F)c1)C(F)(F)F. The highest BCUT2D eigenvalue weighted by molar-refractivity contribution is 5.19. The molecular formula is C11H13F4NO. The highest BCUT2D eigenvalue weighted by atomic mass is 19.4. The highest BCUT2D eigenvalue weighted by Gasteiger charge is 2.38. The molecule has 0 aliphatic rings. The summed E-state index contributed by atoms with van der Waals surface area (Å²) >= 11 is 0. The minimum atomic E-state index is -4.46. The zero-order valence-electron chi connectivity index (χ0n) is 9.17. The Morgan fingerprint density at radius 1 is 1.35 bits per heavy atom. The Bertz CT molecular complexity index is 367. The average Bonchev–Trinajstić information content (AvgIpc) is 2.24. The fraction of sp³-hybridized carbons (Fsp3) is 0.455. The van der Waals surface area contributed by atoms with Crippen LogP contribution in [0.1, 0.15) is 18.6 Å². The first-order valence-electron chi connectivity index (χ1n) is 5.02. The Kier molecular flexibility index (Phi) is 4.47. The molecule has 96 valence electrons. The summed E-state index contributed by atoms with van der Waals surface area (Å²) in [5.74, 6) is -0.538. The van der Waals surface area contributed by atoms with E-state index in [0.29, 0.717) is 5.56 Å². The van der Waals surface area contributed by atoms with Gasteiger partial charge in [-0.1, -0.05) is 12.1 Å². The molecule has 0 amide bonds. The third-order valence-electron chi connectivity index (χ3n) is 2.26. The van der Waals surface area contributed by atoms with E-state index in [1.165, 1.54) is 18.2 Å². The zero-order valence-corrected chi connectivity index (χ0v) is 9.17. The minimum Gasteiger partial charge on any atom is -0.360 e. The molecule has 17 heavy (non-hydrogen) atoms. The predicted octanol–water partition coefficient (Wildman–Crippen LogP) is 2.79. The van der Waals surface area contributed by atoms with Crippen LogP contribution >= 0.6 is 0 Å². The summed E-state index contributed by atoms with van der Waals surface area (Å²) in [6.07, 6.45) is -7.37. The fourth-order valence-electron chi connectivity index (χ4n) is 1.30. The van der Waals surface area contributed by atoms with Gasteiger partial charge in [0.05, 0.1) is 6.10 Å². The molecule has 2 unspecified atom stereocenters. The Labute approximate surface area is 96.4 Å². The lowest BCUT2D eigenvalue weighted by molar-refractivity contribution is -0.226. The first-order valence-corrected chi connectivity index (χ1v) is 5.02. The Hall–Kier alpha value is -1.14. The van der Waals surface area contributed by atoms with E-state index in [-0.39, 0.29) is 6.54 Å². The smallest absolute Gasteiger partial charge is 0.360 e. The van der Waals surface area contributed by atoms with Crippen LogP contribution < -0.4 is 5.73 Å². The molecule has 0 aliphatic carbocycles. The van der Waals surface area contributed by atoms with E-state index in [2.05, 4.69) is 0 Å². The van der Waals surface area contributed by atoms with E-state index in [9.17, 15) is 17.6 Å². The quantitative estimate of drug-likeness (QED) is 0.835. The largest absolute Gasteiger partial charge is 0.414 e. The zero-order chi connectivity index (χ0) is 13.1. The van der Waals surface area contributed by atoms with E-state index in [4.69, 9.17) is 10.5 Å². The van der Waals surface area contributed by atoms with Gasteiger partial charge in [-0.25, -0.2) is 4.39 Å². The van der Waals surface area contributed by atoms with Crippen molar-refractivity contribution in [2.24, 2.45) is 5.73 Å². The maximum atomic E-state index is 12.9. The molecule has 2 nitrogen and oxygen atoms in total. The van der Waals surface area contributed by atoms with Gasteiger partial charge in [0.25, 0.3) is 0 Å². The lowest BCUT2D eigenvalue weighted by Crippen LogP contribution is -2.32. The topological polar surface area (TPSA) is 35.2 Å². The summed E-state index contributed by atoms with van der Waals surface area (Å²) in [4.78, 5) is 0. The van der Waals surface area contributed by atoms with E-state index in [0.717, 1.165) is 13.0 Å². The number of rotatable bonds is 4. The van der Waals surface area contributed by atoms with Crippen molar-refractivity contribution in [1.29, 1.82) is 0 Å². The van der Waals surface area contributed by atoms with Gasteiger partial charge in [0.2, 0.25) is 0 Å². The molecule has 0 spiro atoms. The number of benzene rings is 1. The van der Waals surface area contributed by atoms with Crippen molar-refractivity contribution in [2.45, 2.75) is 25.3 Å². The maximum absolute atomic E-state index is 12.9. The molecule has 0 heterocycles. The van der Waals surface area contributed by atoms with Gasteiger partial charge in [-0.3, -0.25) is 0 Å². The van der Waals surface area contributed by atoms with E-state index in [1.54, 1.807) is 0 Å². The monoisotopic (exact) mass is 251 g/mol. The van der Waals surface area contributed by atoms with Crippen molar-refractivity contribution in [3.05, 3.63) is 35.6 Å². The third-order valence-corrected chi connectivity index (χ3v) is 2.26. The van der Waals surface area contributed by atoms with Crippen LogP contribution in [0, 0.1) is 5.82 Å². The molecule has 6 heteroatoms. The molecule has 0 radical (unpaired) electrons. The fourth-order valence-corrected chi connectivity index (χ4v) is 1.30. The summed E-state index contributed by atoms with van der Waals surface area (Å²) in [6, 6.07) is 5.18. The third kappa shape index (κ3) is 3.98. The van der Waals surface area contributed by atoms with Crippen LogP contribution in [0.2, 0.25) is 0 Å². The summed E-state index contributed by atoms with van der Waals surface area (Å²) in [7, 11) is 0. The summed E-state index contributed by atoms with van der Waals surface area (Å²) < 4.78 is 54.6. The van der Waals surface area contributed by atoms with E-state index < -0.39 is 24.2 Å². The Morgan fingerprint density at radius 3 is 2.47 bits per heavy atom. The summed E-state index contributed by atoms with van der Waals surface area (Å²) in [5, 5.41) is 0. The van der Waals surface area contributed by atoms with Gasteiger partial charge in [-0.15, -0.1) is 0 Å². The number of ether oxygens (including phenoxy) is 1. The number of nitrogens with two attached hydrogens (primary N) is 1. The van der Waals surface area contributed by atoms with Gasteiger partial charge in [0.1, 0.15) is 5.82 Å². The number of hydrogen-bond acceptors (Lipinski definition) is 2. The van der Waals surface area contributed by atoms with Crippen LogP contribution in [0.4, 0.5) is 17.6 Å². The first kappa shape index (κ1) is 13.9. The van der Waals surface area contributed by atoms with Gasteiger partial charge >= 0.3 is 6.18 Å². The second-order valence-corrected chi connectivity index (χ2v) is 3.60. The van der Waals surface area contributed by atoms with Gasteiger partial charge in [-0.05, 0) is 24.6 Å². The van der Waals surface area contributed by atoms with Crippen molar-refractivity contribution in [3.8, 4) is 0 Å². The molecule has 0 bridgehead atoms. The second kappa shape index (κ2) is 5.46. The maximum Gasteiger partial charge on any atom is 0.414 e. The second-order valence-electron chi connectivity index (χ2n) is 3.60. The van der Waals surface area contributed by atoms with E-state index >= 15 is 0 Å². The standard InChI is InChI=1S/C11H13F4NO/c1-7(11(13,14)15)17-10(6-16)8-3-2-4-9(12)5-8/h2-5,7,10H,6,16H2,1H3. The molecule has 1 aromatic rings. The first-order chi connectivity index (χ1) is 7.84. The van der Waals surface area contributed by atoms with Crippen LogP contribution in [0.15, 0.2) is 24.3 Å². The molecule has 2 atom stereocenters. The van der Waals surface area contributed by atoms with Crippen LogP contribution in [-0.2, 0) is 4.74 Å². The number of alkyl halides is 3. The molecule has 2 N–H and O–H groups in total.